The Morgan fingerprint density at radius 1 is 0.708 bits per heavy atom. The molecule has 0 radical (unpaired) electrons. The Balaban J connectivity index is 3.58. The summed E-state index contributed by atoms with van der Waals surface area (Å²) in [5.74, 6) is -1.47. The molecule has 24 heavy (non-hydrogen) atoms. The molecule has 0 aliphatic rings. The number of aliphatic carboxylic acids is 2. The highest BCUT2D eigenvalue weighted by molar-refractivity contribution is 5.86. The van der Waals surface area contributed by atoms with Crippen molar-refractivity contribution in [1.29, 1.82) is 0 Å². The van der Waals surface area contributed by atoms with Crippen molar-refractivity contribution in [2.24, 2.45) is 0 Å². The molecule has 0 aromatic carbocycles. The van der Waals surface area contributed by atoms with Gasteiger partial charge in [-0.3, -0.25) is 4.79 Å². The van der Waals surface area contributed by atoms with Crippen LogP contribution in [0, 0.1) is 0 Å². The van der Waals surface area contributed by atoms with Crippen LogP contribution in [-0.4, -0.2) is 22.2 Å². The fourth-order valence-corrected chi connectivity index (χ4v) is 2.80. The zero-order valence-corrected chi connectivity index (χ0v) is 15.4. The van der Waals surface area contributed by atoms with Crippen LogP contribution >= 0.6 is 0 Å². The molecule has 0 heterocycles. The summed E-state index contributed by atoms with van der Waals surface area (Å²) in [6.45, 7) is 2.18. The van der Waals surface area contributed by atoms with E-state index in [9.17, 15) is 14.7 Å². The average Bonchev–Trinajstić information content (AvgIpc) is 2.53. The highest BCUT2D eigenvalue weighted by atomic mass is 16.4. The Morgan fingerprint density at radius 3 is 1.71 bits per heavy atom. The number of unbranched alkanes of at least 4 members (excludes halogenated alkanes) is 11. The zero-order valence-electron chi connectivity index (χ0n) is 15.4. The second-order valence-electron chi connectivity index (χ2n) is 6.61. The van der Waals surface area contributed by atoms with Crippen molar-refractivity contribution < 1.29 is 19.8 Å². The normalized spacial score (nSPS) is 11.6. The molecule has 0 aliphatic heterocycles. The summed E-state index contributed by atoms with van der Waals surface area (Å²) < 4.78 is 0. The van der Waals surface area contributed by atoms with Gasteiger partial charge in [-0.2, -0.15) is 0 Å². The van der Waals surface area contributed by atoms with Crippen LogP contribution in [0.5, 0.6) is 0 Å². The van der Waals surface area contributed by atoms with Gasteiger partial charge in [0.1, 0.15) is 0 Å². The molecule has 4 nitrogen and oxygen atoms in total. The zero-order chi connectivity index (χ0) is 18.0. The van der Waals surface area contributed by atoms with E-state index in [2.05, 4.69) is 6.92 Å². The van der Waals surface area contributed by atoms with Gasteiger partial charge in [-0.05, 0) is 32.1 Å². The minimum absolute atomic E-state index is 0.281. The Hall–Kier alpha value is -1.32. The molecule has 2 N–H and O–H groups in total. The summed E-state index contributed by atoms with van der Waals surface area (Å²) in [6.07, 6.45) is 16.8. The number of hydrogen-bond donors (Lipinski definition) is 2. The molecule has 0 unspecified atom stereocenters. The fourth-order valence-electron chi connectivity index (χ4n) is 2.80. The summed E-state index contributed by atoms with van der Waals surface area (Å²) in [5, 5.41) is 17.8. The van der Waals surface area contributed by atoms with Crippen molar-refractivity contribution in [2.75, 3.05) is 0 Å². The van der Waals surface area contributed by atoms with Crippen LogP contribution < -0.4 is 0 Å². The number of rotatable bonds is 17. The van der Waals surface area contributed by atoms with Crippen LogP contribution in [0.1, 0.15) is 103 Å². The van der Waals surface area contributed by atoms with Crippen molar-refractivity contribution in [3.05, 3.63) is 11.6 Å². The Kier molecular flexibility index (Phi) is 15.6. The Morgan fingerprint density at radius 2 is 1.21 bits per heavy atom. The number of carboxylic acids is 2. The molecule has 0 aromatic heterocycles. The predicted octanol–water partition coefficient (Wildman–Crippen LogP) is 5.95. The first-order chi connectivity index (χ1) is 11.6. The minimum Gasteiger partial charge on any atom is -0.481 e. The predicted molar refractivity (Wildman–Crippen MR) is 98.3 cm³/mol. The molecular weight excluding hydrogens is 304 g/mol. The Bertz CT molecular complexity index is 361. The van der Waals surface area contributed by atoms with Gasteiger partial charge in [0, 0.05) is 12.0 Å². The lowest BCUT2D eigenvalue weighted by Crippen LogP contribution is -2.00. The Labute approximate surface area is 147 Å². The first kappa shape index (κ1) is 22.7. The molecule has 4 heteroatoms. The molecule has 0 atom stereocenters. The maximum Gasteiger partial charge on any atom is 0.331 e. The molecule has 140 valence electrons. The van der Waals surface area contributed by atoms with Crippen molar-refractivity contribution in [2.45, 2.75) is 103 Å². The van der Waals surface area contributed by atoms with Crippen LogP contribution in [0.3, 0.4) is 0 Å². The van der Waals surface area contributed by atoms with Crippen molar-refractivity contribution in [3.8, 4) is 0 Å². The van der Waals surface area contributed by atoms with E-state index in [1.807, 2.05) is 6.08 Å². The second kappa shape index (κ2) is 16.5. The van der Waals surface area contributed by atoms with Crippen LogP contribution in [0.25, 0.3) is 0 Å². The van der Waals surface area contributed by atoms with Crippen molar-refractivity contribution in [3.63, 3.8) is 0 Å². The maximum absolute atomic E-state index is 11.2. The van der Waals surface area contributed by atoms with E-state index in [0.29, 0.717) is 12.0 Å². The van der Waals surface area contributed by atoms with Crippen molar-refractivity contribution >= 4 is 11.9 Å². The molecular formula is C20H36O4. The number of allylic oxidation sites excluding steroid dienone is 1. The lowest BCUT2D eigenvalue weighted by Gasteiger charge is -2.04. The maximum atomic E-state index is 11.2. The number of carboxylic acid groups (broad SMARTS) is 2. The van der Waals surface area contributed by atoms with Gasteiger partial charge >= 0.3 is 11.9 Å². The summed E-state index contributed by atoms with van der Waals surface area (Å²) in [7, 11) is 0. The quantitative estimate of drug-likeness (QED) is 0.253. The second-order valence-corrected chi connectivity index (χ2v) is 6.61. The van der Waals surface area contributed by atoms with Crippen LogP contribution in [0.4, 0.5) is 0 Å². The van der Waals surface area contributed by atoms with E-state index in [4.69, 9.17) is 5.11 Å². The van der Waals surface area contributed by atoms with Gasteiger partial charge < -0.3 is 10.2 Å². The van der Waals surface area contributed by atoms with E-state index in [-0.39, 0.29) is 6.42 Å². The molecule has 0 saturated carbocycles. The van der Waals surface area contributed by atoms with Gasteiger partial charge in [-0.15, -0.1) is 0 Å². The van der Waals surface area contributed by atoms with Gasteiger partial charge in [-0.1, -0.05) is 70.8 Å². The van der Waals surface area contributed by atoms with E-state index < -0.39 is 11.9 Å². The molecule has 0 saturated heterocycles. The van der Waals surface area contributed by atoms with Gasteiger partial charge in [0.15, 0.2) is 0 Å². The average molecular weight is 341 g/mol. The number of hydrogen-bond acceptors (Lipinski definition) is 2. The molecule has 0 aliphatic carbocycles. The van der Waals surface area contributed by atoms with Gasteiger partial charge in [0.2, 0.25) is 0 Å². The van der Waals surface area contributed by atoms with Crippen LogP contribution in [0.15, 0.2) is 11.6 Å². The highest BCUT2D eigenvalue weighted by Crippen LogP contribution is 2.15. The van der Waals surface area contributed by atoms with Gasteiger partial charge in [0.05, 0.1) is 0 Å². The minimum atomic E-state index is -0.760. The van der Waals surface area contributed by atoms with E-state index in [0.717, 1.165) is 64.2 Å². The van der Waals surface area contributed by atoms with E-state index >= 15 is 0 Å². The topological polar surface area (TPSA) is 74.6 Å². The first-order valence-electron chi connectivity index (χ1n) is 9.72. The molecule has 0 rings (SSSR count). The monoisotopic (exact) mass is 340 g/mol. The lowest BCUT2D eigenvalue weighted by molar-refractivity contribution is -0.137. The third-order valence-electron chi connectivity index (χ3n) is 4.31. The van der Waals surface area contributed by atoms with Gasteiger partial charge in [0.25, 0.3) is 0 Å². The molecule has 0 aromatic rings. The van der Waals surface area contributed by atoms with Crippen molar-refractivity contribution in [1.82, 2.24) is 0 Å². The standard InChI is InChI=1S/C20H36O4/c1-2-3-4-9-12-15-18(20(23)24)16-13-10-7-5-6-8-11-14-17-19(21)22/h15H,2-14,16-17H2,1H3,(H,21,22)(H,23,24). The smallest absolute Gasteiger partial charge is 0.331 e. The van der Waals surface area contributed by atoms with Crippen LogP contribution in [0.2, 0.25) is 0 Å². The van der Waals surface area contributed by atoms with E-state index in [1.54, 1.807) is 0 Å². The summed E-state index contributed by atoms with van der Waals surface area (Å²) in [6, 6.07) is 0. The molecule has 0 fully saturated rings. The molecule has 0 bridgehead atoms. The summed E-state index contributed by atoms with van der Waals surface area (Å²) >= 11 is 0. The SMILES string of the molecule is CCCCCCC=C(CCCCCCCCCCC(=O)O)C(=O)O. The lowest BCUT2D eigenvalue weighted by atomic mass is 10.0. The molecule has 0 amide bonds. The van der Waals surface area contributed by atoms with E-state index in [1.165, 1.54) is 19.3 Å². The summed E-state index contributed by atoms with van der Waals surface area (Å²) in [5.41, 5.74) is 0.583. The third-order valence-corrected chi connectivity index (χ3v) is 4.31. The number of carbonyl (C=O) groups is 2. The molecule has 0 spiro atoms. The first-order valence-corrected chi connectivity index (χ1v) is 9.72. The van der Waals surface area contributed by atoms with Crippen LogP contribution in [-0.2, 0) is 9.59 Å². The summed E-state index contributed by atoms with van der Waals surface area (Å²) in [4.78, 5) is 21.6. The third kappa shape index (κ3) is 15.6. The fraction of sp³-hybridized carbons (Fsp3) is 0.800. The van der Waals surface area contributed by atoms with Gasteiger partial charge in [-0.25, -0.2) is 4.79 Å². The largest absolute Gasteiger partial charge is 0.481 e. The highest BCUT2D eigenvalue weighted by Gasteiger charge is 2.06.